The Morgan fingerprint density at radius 3 is 2.50 bits per heavy atom. The molecule has 0 aliphatic carbocycles. The van der Waals surface area contributed by atoms with Gasteiger partial charge in [-0.3, -0.25) is 4.79 Å². The van der Waals surface area contributed by atoms with E-state index in [1.54, 1.807) is 13.0 Å². The van der Waals surface area contributed by atoms with Crippen LogP contribution in [0.4, 0.5) is 0 Å². The van der Waals surface area contributed by atoms with Crippen LogP contribution in [0.2, 0.25) is 0 Å². The van der Waals surface area contributed by atoms with E-state index < -0.39 is 11.8 Å². The number of carbonyl (C=O) groups excluding carboxylic acids is 2. The summed E-state index contributed by atoms with van der Waals surface area (Å²) in [6, 6.07) is 4.21. The van der Waals surface area contributed by atoms with Crippen molar-refractivity contribution in [2.45, 2.75) is 20.1 Å². The zero-order valence-electron chi connectivity index (χ0n) is 12.2. The van der Waals surface area contributed by atoms with Gasteiger partial charge >= 0.3 is 5.97 Å². The van der Waals surface area contributed by atoms with E-state index in [-0.39, 0.29) is 32.0 Å². The molecule has 1 aromatic carbocycles. The summed E-state index contributed by atoms with van der Waals surface area (Å²) in [7, 11) is 0. The van der Waals surface area contributed by atoms with Gasteiger partial charge in [0.25, 0.3) is 5.78 Å². The van der Waals surface area contributed by atoms with Crippen molar-refractivity contribution >= 4 is 11.8 Å². The maximum Gasteiger partial charge on any atom is 0.379 e. The van der Waals surface area contributed by atoms with Gasteiger partial charge in [0.2, 0.25) is 0 Å². The summed E-state index contributed by atoms with van der Waals surface area (Å²) >= 11 is 0. The smallest absolute Gasteiger partial charge is 0.379 e. The Labute approximate surface area is 127 Å². The molecule has 7 nitrogen and oxygen atoms in total. The quantitative estimate of drug-likeness (QED) is 0.133. The number of aliphatic hydroxyl groups excluding tert-OH is 2. The summed E-state index contributed by atoms with van der Waals surface area (Å²) < 4.78 is 4.74. The number of benzene rings is 1. The monoisotopic (exact) mass is 310 g/mol. The minimum atomic E-state index is -1.03. The van der Waals surface area contributed by atoms with Gasteiger partial charge in [-0.05, 0) is 30.2 Å². The number of esters is 1. The van der Waals surface area contributed by atoms with Crippen molar-refractivity contribution in [3.63, 3.8) is 0 Å². The zero-order chi connectivity index (χ0) is 16.4. The Bertz CT molecular complexity index is 537. The molecule has 0 saturated carbocycles. The first kappa shape index (κ1) is 17.8. The van der Waals surface area contributed by atoms with Crippen molar-refractivity contribution in [3.8, 4) is 0 Å². The Balaban J connectivity index is 2.54. The first-order valence-corrected chi connectivity index (χ1v) is 6.58. The van der Waals surface area contributed by atoms with Crippen molar-refractivity contribution in [1.82, 2.24) is 0 Å². The molecule has 0 aromatic heterocycles. The molecule has 0 aliphatic heterocycles. The lowest BCUT2D eigenvalue weighted by Gasteiger charge is -2.07. The van der Waals surface area contributed by atoms with E-state index >= 15 is 0 Å². The van der Waals surface area contributed by atoms with Crippen molar-refractivity contribution in [2.24, 2.45) is 0 Å². The fourth-order valence-electron chi connectivity index (χ4n) is 1.56. The van der Waals surface area contributed by atoms with E-state index in [4.69, 9.17) is 14.9 Å². The highest BCUT2D eigenvalue weighted by Crippen LogP contribution is 2.13. The summed E-state index contributed by atoms with van der Waals surface area (Å²) in [6.07, 6.45) is 2.93. The Morgan fingerprint density at radius 2 is 1.86 bits per heavy atom. The molecular weight excluding hydrogens is 292 g/mol. The normalized spacial score (nSPS) is 10.7. The molecule has 0 unspecified atom stereocenters. The molecule has 0 fully saturated rings. The van der Waals surface area contributed by atoms with E-state index in [9.17, 15) is 9.59 Å². The summed E-state index contributed by atoms with van der Waals surface area (Å²) in [6.45, 7) is 0.976. The van der Waals surface area contributed by atoms with E-state index in [0.29, 0.717) is 11.1 Å². The van der Waals surface area contributed by atoms with E-state index in [1.807, 2.05) is 0 Å². The average Bonchev–Trinajstić information content (AvgIpc) is 2.56. The van der Waals surface area contributed by atoms with Crippen molar-refractivity contribution in [2.75, 3.05) is 13.2 Å². The van der Waals surface area contributed by atoms with Crippen LogP contribution in [0, 0.1) is 0 Å². The molecule has 0 bridgehead atoms. The predicted octanol–water partition coefficient (Wildman–Crippen LogP) is 0.879. The minimum absolute atomic E-state index is 0.0191. The van der Waals surface area contributed by atoms with E-state index in [1.165, 1.54) is 24.5 Å². The molecule has 1 rings (SSSR count). The Kier molecular flexibility index (Phi) is 7.84. The maximum absolute atomic E-state index is 11.9. The molecule has 1 aromatic rings. The lowest BCUT2D eigenvalue weighted by Crippen LogP contribution is -2.20. The van der Waals surface area contributed by atoms with Crippen LogP contribution in [0.5, 0.6) is 0 Å². The average molecular weight is 310 g/mol. The van der Waals surface area contributed by atoms with E-state index in [0.717, 1.165) is 0 Å². The number of rotatable bonds is 9. The highest BCUT2D eigenvalue weighted by molar-refractivity contribution is 6.40. The van der Waals surface area contributed by atoms with E-state index in [2.05, 4.69) is 9.78 Å². The van der Waals surface area contributed by atoms with Gasteiger partial charge in [0, 0.05) is 5.56 Å². The summed E-state index contributed by atoms with van der Waals surface area (Å²) in [5, 5.41) is 18.2. The summed E-state index contributed by atoms with van der Waals surface area (Å²) in [4.78, 5) is 32.7. The summed E-state index contributed by atoms with van der Waals surface area (Å²) in [5.74, 6) is -1.87. The third-order valence-electron chi connectivity index (χ3n) is 2.65. The second kappa shape index (κ2) is 9.67. The zero-order valence-corrected chi connectivity index (χ0v) is 12.2. The molecule has 0 heterocycles. The first-order chi connectivity index (χ1) is 10.6. The van der Waals surface area contributed by atoms with Crippen LogP contribution in [-0.2, 0) is 32.5 Å². The molecule has 0 aliphatic rings. The van der Waals surface area contributed by atoms with Crippen LogP contribution in [0.15, 0.2) is 30.5 Å². The number of ether oxygens (including phenoxy) is 1. The molecule has 0 spiro atoms. The number of carbonyl (C=O) groups is 2. The standard InChI is InChI=1S/C15H18O7/c1-2-5-21-22-7-6-20-15(19)14(18)11-3-4-12(9-16)13(8-11)10-17/h2-5,8,16-17H,6-7,9-10H2,1H3/b5-2-. The molecule has 120 valence electrons. The van der Waals surface area contributed by atoms with Crippen LogP contribution < -0.4 is 0 Å². The number of aliphatic hydroxyl groups is 2. The minimum Gasteiger partial charge on any atom is -0.457 e. The van der Waals surface area contributed by atoms with Gasteiger partial charge in [-0.25, -0.2) is 4.79 Å². The van der Waals surface area contributed by atoms with Gasteiger partial charge in [-0.15, -0.1) is 0 Å². The van der Waals surface area contributed by atoms with Gasteiger partial charge in [-0.1, -0.05) is 12.1 Å². The number of hydrogen-bond acceptors (Lipinski definition) is 7. The van der Waals surface area contributed by atoms with Crippen molar-refractivity contribution in [1.29, 1.82) is 0 Å². The van der Waals surface area contributed by atoms with Crippen LogP contribution in [0.25, 0.3) is 0 Å². The van der Waals surface area contributed by atoms with Crippen LogP contribution in [-0.4, -0.2) is 35.2 Å². The largest absolute Gasteiger partial charge is 0.457 e. The maximum atomic E-state index is 11.9. The molecule has 0 atom stereocenters. The van der Waals surface area contributed by atoms with Gasteiger partial charge in [0.15, 0.2) is 0 Å². The highest BCUT2D eigenvalue weighted by Gasteiger charge is 2.19. The Hall–Kier alpha value is -2.22. The molecule has 2 N–H and O–H groups in total. The molecule has 0 amide bonds. The predicted molar refractivity (Wildman–Crippen MR) is 75.4 cm³/mol. The number of allylic oxidation sites excluding steroid dienone is 1. The third kappa shape index (κ3) is 5.28. The van der Waals surface area contributed by atoms with Crippen LogP contribution >= 0.6 is 0 Å². The van der Waals surface area contributed by atoms with Crippen LogP contribution in [0.3, 0.4) is 0 Å². The molecule has 22 heavy (non-hydrogen) atoms. The molecule has 0 saturated heterocycles. The lowest BCUT2D eigenvalue weighted by atomic mass is 10.0. The van der Waals surface area contributed by atoms with Crippen molar-refractivity contribution < 1.29 is 34.3 Å². The first-order valence-electron chi connectivity index (χ1n) is 6.58. The van der Waals surface area contributed by atoms with Crippen molar-refractivity contribution in [3.05, 3.63) is 47.2 Å². The molecule has 7 heteroatoms. The fourth-order valence-corrected chi connectivity index (χ4v) is 1.56. The highest BCUT2D eigenvalue weighted by atomic mass is 17.2. The lowest BCUT2D eigenvalue weighted by molar-refractivity contribution is -0.253. The number of hydrogen-bond donors (Lipinski definition) is 2. The fraction of sp³-hybridized carbons (Fsp3) is 0.333. The summed E-state index contributed by atoms with van der Waals surface area (Å²) in [5.41, 5.74) is 0.948. The van der Waals surface area contributed by atoms with Gasteiger partial charge < -0.3 is 19.8 Å². The topological polar surface area (TPSA) is 102 Å². The van der Waals surface area contributed by atoms with Crippen LogP contribution in [0.1, 0.15) is 28.4 Å². The second-order valence-electron chi connectivity index (χ2n) is 4.15. The second-order valence-corrected chi connectivity index (χ2v) is 4.15. The van der Waals surface area contributed by atoms with Gasteiger partial charge in [0.1, 0.15) is 19.5 Å². The third-order valence-corrected chi connectivity index (χ3v) is 2.65. The number of Topliss-reactive ketones (excluding diaryl/α,β-unsaturated/α-hetero) is 1. The molecular formula is C15H18O7. The SMILES string of the molecule is C/C=C\OOCCOC(=O)C(=O)c1ccc(CO)c(CO)c1. The van der Waals surface area contributed by atoms with Gasteiger partial charge in [-0.2, -0.15) is 4.89 Å². The Morgan fingerprint density at radius 1 is 1.14 bits per heavy atom. The van der Waals surface area contributed by atoms with Gasteiger partial charge in [0.05, 0.1) is 13.2 Å². The molecule has 0 radical (unpaired) electrons. The number of ketones is 1.